The fraction of sp³-hybridized carbons (Fsp3) is 0.120. The molecule has 2 aliphatic carbocycles. The third-order valence-electron chi connectivity index (χ3n) is 11.8. The van der Waals surface area contributed by atoms with E-state index in [1.807, 2.05) is 0 Å². The highest BCUT2D eigenvalue weighted by Gasteiger charge is 2.38. The number of hydrogen-bond donors (Lipinski definition) is 0. The topological polar surface area (TPSA) is 3.24 Å². The van der Waals surface area contributed by atoms with Crippen molar-refractivity contribution in [3.63, 3.8) is 0 Å². The Morgan fingerprint density at radius 1 is 0.373 bits per heavy atom. The molecule has 8 aromatic carbocycles. The van der Waals surface area contributed by atoms with E-state index in [4.69, 9.17) is 0 Å². The quantitative estimate of drug-likeness (QED) is 0.183. The first-order valence-corrected chi connectivity index (χ1v) is 18.1. The Bertz CT molecular complexity index is 2690. The normalized spacial score (nSPS) is 14.6. The van der Waals surface area contributed by atoms with Crippen LogP contribution in [0.2, 0.25) is 0 Å². The van der Waals surface area contributed by atoms with Crippen LogP contribution in [0.15, 0.2) is 164 Å². The summed E-state index contributed by atoms with van der Waals surface area (Å²) >= 11 is 0. The van der Waals surface area contributed by atoms with E-state index in [-0.39, 0.29) is 10.8 Å². The van der Waals surface area contributed by atoms with Crippen LogP contribution in [0.5, 0.6) is 0 Å². The van der Waals surface area contributed by atoms with Gasteiger partial charge in [-0.25, -0.2) is 0 Å². The monoisotopic (exact) mass is 653 g/mol. The molecule has 0 saturated heterocycles. The van der Waals surface area contributed by atoms with Crippen LogP contribution in [-0.4, -0.2) is 0 Å². The van der Waals surface area contributed by atoms with Crippen molar-refractivity contribution < 1.29 is 0 Å². The molecule has 1 heteroatoms. The highest BCUT2D eigenvalue weighted by molar-refractivity contribution is 6.11. The summed E-state index contributed by atoms with van der Waals surface area (Å²) in [5, 5.41) is 5.08. The molecule has 0 atom stereocenters. The summed E-state index contributed by atoms with van der Waals surface area (Å²) in [5.74, 6) is 0. The lowest BCUT2D eigenvalue weighted by Crippen LogP contribution is -2.17. The molecule has 10 rings (SSSR count). The van der Waals surface area contributed by atoms with Gasteiger partial charge in [-0.05, 0) is 108 Å². The van der Waals surface area contributed by atoms with Gasteiger partial charge >= 0.3 is 0 Å². The Kier molecular flexibility index (Phi) is 6.34. The van der Waals surface area contributed by atoms with Gasteiger partial charge in [0.2, 0.25) is 0 Å². The van der Waals surface area contributed by atoms with E-state index in [2.05, 4.69) is 196 Å². The van der Waals surface area contributed by atoms with Gasteiger partial charge in [0, 0.05) is 27.6 Å². The van der Waals surface area contributed by atoms with Gasteiger partial charge in [0.1, 0.15) is 0 Å². The first-order valence-electron chi connectivity index (χ1n) is 18.1. The smallest absolute Gasteiger partial charge is 0.0546 e. The Morgan fingerprint density at radius 2 is 0.961 bits per heavy atom. The lowest BCUT2D eigenvalue weighted by molar-refractivity contribution is 0.660. The second-order valence-electron chi connectivity index (χ2n) is 15.4. The summed E-state index contributed by atoms with van der Waals surface area (Å²) in [5.41, 5.74) is 16.7. The van der Waals surface area contributed by atoms with E-state index >= 15 is 0 Å². The maximum Gasteiger partial charge on any atom is 0.0546 e. The number of fused-ring (bicyclic) bond motifs is 9. The molecule has 8 aromatic rings. The minimum atomic E-state index is -0.101. The van der Waals surface area contributed by atoms with Crippen molar-refractivity contribution in [2.24, 2.45) is 0 Å². The highest BCUT2D eigenvalue weighted by atomic mass is 15.1. The standard InChI is InChI=1S/C50H39N/c1-49(2)43-18-10-8-16-41(43)48-44(49)29-24-34-14-11-19-46(47(34)48)51(38-27-28-40-39-15-7-9-17-42(39)50(3,4)45(40)31-38)37-25-22-33(23-26-37)36-21-20-32-12-5-6-13-35(32)30-36/h5-31H,1-4H3. The lowest BCUT2D eigenvalue weighted by Gasteiger charge is -2.30. The highest BCUT2D eigenvalue weighted by Crippen LogP contribution is 2.55. The zero-order chi connectivity index (χ0) is 34.5. The summed E-state index contributed by atoms with van der Waals surface area (Å²) in [7, 11) is 0. The largest absolute Gasteiger partial charge is 0.310 e. The molecule has 0 heterocycles. The van der Waals surface area contributed by atoms with Gasteiger partial charge in [0.25, 0.3) is 0 Å². The molecule has 0 spiro atoms. The second-order valence-corrected chi connectivity index (χ2v) is 15.4. The second kappa shape index (κ2) is 10.8. The maximum absolute atomic E-state index is 2.50. The Morgan fingerprint density at radius 3 is 1.76 bits per heavy atom. The van der Waals surface area contributed by atoms with Gasteiger partial charge in [-0.3, -0.25) is 0 Å². The fourth-order valence-electron chi connectivity index (χ4n) is 9.17. The molecular weight excluding hydrogens is 615 g/mol. The predicted molar refractivity (Wildman–Crippen MR) is 217 cm³/mol. The van der Waals surface area contributed by atoms with Gasteiger partial charge in [-0.1, -0.05) is 155 Å². The summed E-state index contributed by atoms with van der Waals surface area (Å²) in [6.07, 6.45) is 0. The SMILES string of the molecule is CC1(C)c2ccccc2-c2ccc(N(c3ccc(-c4ccc5ccccc5c4)cc3)c3cccc4ccc5c(c34)-c3ccccc3C5(C)C)cc21. The van der Waals surface area contributed by atoms with Crippen molar-refractivity contribution in [1.82, 2.24) is 0 Å². The Hall–Kier alpha value is -5.92. The van der Waals surface area contributed by atoms with Gasteiger partial charge in [0.15, 0.2) is 0 Å². The summed E-state index contributed by atoms with van der Waals surface area (Å²) in [4.78, 5) is 2.50. The fourth-order valence-corrected chi connectivity index (χ4v) is 9.17. The maximum atomic E-state index is 2.50. The molecule has 0 N–H and O–H groups in total. The minimum absolute atomic E-state index is 0.0804. The van der Waals surface area contributed by atoms with Crippen molar-refractivity contribution in [3.05, 3.63) is 186 Å². The summed E-state index contributed by atoms with van der Waals surface area (Å²) in [6, 6.07) is 61.1. The lowest BCUT2D eigenvalue weighted by atomic mass is 9.82. The minimum Gasteiger partial charge on any atom is -0.310 e. The molecule has 0 saturated carbocycles. The van der Waals surface area contributed by atoms with E-state index in [0.29, 0.717) is 0 Å². The van der Waals surface area contributed by atoms with E-state index in [0.717, 1.165) is 5.69 Å². The molecule has 2 aliphatic rings. The number of hydrogen-bond acceptors (Lipinski definition) is 1. The summed E-state index contributed by atoms with van der Waals surface area (Å²) < 4.78 is 0. The zero-order valence-corrected chi connectivity index (χ0v) is 29.5. The van der Waals surface area contributed by atoms with E-state index in [9.17, 15) is 0 Å². The van der Waals surface area contributed by atoms with Crippen molar-refractivity contribution >= 4 is 38.6 Å². The van der Waals surface area contributed by atoms with Crippen molar-refractivity contribution in [2.45, 2.75) is 38.5 Å². The van der Waals surface area contributed by atoms with E-state index in [1.165, 1.54) is 88.6 Å². The van der Waals surface area contributed by atoms with Crippen molar-refractivity contribution in [1.29, 1.82) is 0 Å². The number of anilines is 3. The molecule has 0 fully saturated rings. The molecule has 51 heavy (non-hydrogen) atoms. The zero-order valence-electron chi connectivity index (χ0n) is 29.5. The van der Waals surface area contributed by atoms with Crippen LogP contribution in [0.1, 0.15) is 49.9 Å². The van der Waals surface area contributed by atoms with E-state index < -0.39 is 0 Å². The third kappa shape index (κ3) is 4.34. The van der Waals surface area contributed by atoms with Crippen LogP contribution < -0.4 is 4.90 Å². The van der Waals surface area contributed by atoms with Crippen LogP contribution in [0, 0.1) is 0 Å². The number of nitrogens with zero attached hydrogens (tertiary/aromatic N) is 1. The Labute approximate surface area is 300 Å². The molecule has 0 bridgehead atoms. The average molecular weight is 654 g/mol. The van der Waals surface area contributed by atoms with Gasteiger partial charge < -0.3 is 4.90 Å². The van der Waals surface area contributed by atoms with Gasteiger partial charge in [-0.15, -0.1) is 0 Å². The predicted octanol–water partition coefficient (Wildman–Crippen LogP) is 13.7. The van der Waals surface area contributed by atoms with Crippen molar-refractivity contribution in [2.75, 3.05) is 4.90 Å². The molecule has 0 aromatic heterocycles. The Balaban J connectivity index is 1.21. The molecule has 0 aliphatic heterocycles. The van der Waals surface area contributed by atoms with Crippen molar-refractivity contribution in [3.8, 4) is 33.4 Å². The van der Waals surface area contributed by atoms with E-state index in [1.54, 1.807) is 0 Å². The van der Waals surface area contributed by atoms with Gasteiger partial charge in [0.05, 0.1) is 5.69 Å². The van der Waals surface area contributed by atoms with Crippen LogP contribution >= 0.6 is 0 Å². The summed E-state index contributed by atoms with van der Waals surface area (Å²) in [6.45, 7) is 9.48. The number of rotatable bonds is 4. The molecule has 0 unspecified atom stereocenters. The molecular formula is C50H39N. The molecule has 0 radical (unpaired) electrons. The van der Waals surface area contributed by atoms with Crippen LogP contribution in [0.25, 0.3) is 54.9 Å². The first kappa shape index (κ1) is 29.9. The molecule has 0 amide bonds. The van der Waals surface area contributed by atoms with Crippen LogP contribution in [0.4, 0.5) is 17.1 Å². The van der Waals surface area contributed by atoms with Crippen LogP contribution in [0.3, 0.4) is 0 Å². The van der Waals surface area contributed by atoms with Crippen LogP contribution in [-0.2, 0) is 10.8 Å². The average Bonchev–Trinajstić information content (AvgIpc) is 3.54. The number of benzene rings is 8. The molecule has 1 nitrogen and oxygen atoms in total. The van der Waals surface area contributed by atoms with Gasteiger partial charge in [-0.2, -0.15) is 0 Å². The first-order chi connectivity index (χ1) is 24.8. The molecule has 244 valence electrons. The third-order valence-corrected chi connectivity index (χ3v) is 11.8.